The number of alkyl halides is 2. The SMILES string of the molecule is O=C(CC1SC(N2CCCC2)=NC1=O)Nc1ccc(C(=O)Nc2nnc(C(F)F)s2)cc1. The van der Waals surface area contributed by atoms with E-state index in [-0.39, 0.29) is 28.9 Å². The van der Waals surface area contributed by atoms with Crippen LogP contribution in [0.2, 0.25) is 0 Å². The summed E-state index contributed by atoms with van der Waals surface area (Å²) in [6, 6.07) is 6.02. The fourth-order valence-corrected chi connectivity index (χ4v) is 4.89. The molecule has 9 nitrogen and oxygen atoms in total. The van der Waals surface area contributed by atoms with Crippen LogP contribution in [-0.2, 0) is 9.59 Å². The number of rotatable bonds is 6. The molecule has 2 aromatic rings. The van der Waals surface area contributed by atoms with E-state index in [1.54, 1.807) is 0 Å². The Balaban J connectivity index is 1.28. The van der Waals surface area contributed by atoms with Crippen LogP contribution in [0, 0.1) is 0 Å². The molecule has 0 saturated carbocycles. The number of anilines is 2. The maximum Gasteiger partial charge on any atom is 0.291 e. The first-order chi connectivity index (χ1) is 15.4. The quantitative estimate of drug-likeness (QED) is 0.652. The number of aromatic nitrogens is 2. The first-order valence-corrected chi connectivity index (χ1v) is 11.5. The van der Waals surface area contributed by atoms with Gasteiger partial charge in [0.2, 0.25) is 11.0 Å². The number of aliphatic imine (C=N–C) groups is 1. The zero-order valence-electron chi connectivity index (χ0n) is 16.6. The number of hydrogen-bond donors (Lipinski definition) is 2. The van der Waals surface area contributed by atoms with Gasteiger partial charge in [0.15, 0.2) is 10.2 Å². The van der Waals surface area contributed by atoms with Crippen molar-refractivity contribution in [2.24, 2.45) is 4.99 Å². The van der Waals surface area contributed by atoms with Gasteiger partial charge in [-0.3, -0.25) is 19.7 Å². The molecule has 2 N–H and O–H groups in total. The third-order valence-corrected chi connectivity index (χ3v) is 6.81. The average molecular weight is 481 g/mol. The highest BCUT2D eigenvalue weighted by molar-refractivity contribution is 8.15. The van der Waals surface area contributed by atoms with Gasteiger partial charge in [-0.2, -0.15) is 4.99 Å². The number of amidine groups is 1. The molecule has 0 spiro atoms. The summed E-state index contributed by atoms with van der Waals surface area (Å²) in [7, 11) is 0. The Morgan fingerprint density at radius 2 is 1.84 bits per heavy atom. The third kappa shape index (κ3) is 5.27. The van der Waals surface area contributed by atoms with Crippen LogP contribution in [-0.4, -0.2) is 56.3 Å². The molecular formula is C19H18F2N6O3S2. The normalized spacial score (nSPS) is 18.2. The molecule has 0 bridgehead atoms. The summed E-state index contributed by atoms with van der Waals surface area (Å²) in [6.45, 7) is 1.76. The highest BCUT2D eigenvalue weighted by Crippen LogP contribution is 2.29. The predicted molar refractivity (Wildman–Crippen MR) is 117 cm³/mol. The van der Waals surface area contributed by atoms with Crippen LogP contribution in [0.1, 0.15) is 41.1 Å². The molecular weight excluding hydrogens is 462 g/mol. The number of nitrogens with zero attached hydrogens (tertiary/aromatic N) is 4. The van der Waals surface area contributed by atoms with Crippen molar-refractivity contribution in [2.75, 3.05) is 23.7 Å². The van der Waals surface area contributed by atoms with Crippen LogP contribution in [0.3, 0.4) is 0 Å². The first-order valence-electron chi connectivity index (χ1n) is 9.76. The monoisotopic (exact) mass is 480 g/mol. The minimum absolute atomic E-state index is 0.00387. The minimum Gasteiger partial charge on any atom is -0.351 e. The summed E-state index contributed by atoms with van der Waals surface area (Å²) < 4.78 is 25.1. The van der Waals surface area contributed by atoms with Crippen molar-refractivity contribution < 1.29 is 23.2 Å². The summed E-state index contributed by atoms with van der Waals surface area (Å²) in [4.78, 5) is 42.9. The van der Waals surface area contributed by atoms with Crippen LogP contribution in [0.15, 0.2) is 29.3 Å². The summed E-state index contributed by atoms with van der Waals surface area (Å²) in [5.41, 5.74) is 0.709. The maximum atomic E-state index is 12.6. The van der Waals surface area contributed by atoms with Gasteiger partial charge in [-0.25, -0.2) is 8.78 Å². The number of likely N-dealkylation sites (tertiary alicyclic amines) is 1. The lowest BCUT2D eigenvalue weighted by atomic mass is 10.2. The second-order valence-electron chi connectivity index (χ2n) is 7.06. The van der Waals surface area contributed by atoms with Gasteiger partial charge < -0.3 is 10.2 Å². The molecule has 2 aliphatic heterocycles. The van der Waals surface area contributed by atoms with E-state index in [0.29, 0.717) is 22.2 Å². The highest BCUT2D eigenvalue weighted by atomic mass is 32.2. The molecule has 1 aromatic heterocycles. The van der Waals surface area contributed by atoms with E-state index in [0.717, 1.165) is 25.9 Å². The lowest BCUT2D eigenvalue weighted by molar-refractivity contribution is -0.121. The number of hydrogen-bond acceptors (Lipinski definition) is 8. The fraction of sp³-hybridized carbons (Fsp3) is 0.368. The van der Waals surface area contributed by atoms with Gasteiger partial charge >= 0.3 is 0 Å². The fourth-order valence-electron chi connectivity index (χ4n) is 3.18. The smallest absolute Gasteiger partial charge is 0.291 e. The molecule has 0 aliphatic carbocycles. The van der Waals surface area contributed by atoms with E-state index < -0.39 is 22.6 Å². The van der Waals surface area contributed by atoms with Crippen LogP contribution >= 0.6 is 23.1 Å². The van der Waals surface area contributed by atoms with E-state index in [9.17, 15) is 23.2 Å². The van der Waals surface area contributed by atoms with Crippen molar-refractivity contribution in [1.82, 2.24) is 15.1 Å². The molecule has 0 radical (unpaired) electrons. The molecule has 4 rings (SSSR count). The van der Waals surface area contributed by atoms with Gasteiger partial charge in [-0.1, -0.05) is 23.1 Å². The summed E-state index contributed by atoms with van der Waals surface area (Å²) in [5.74, 6) is -1.18. The Morgan fingerprint density at radius 1 is 1.12 bits per heavy atom. The molecule has 3 heterocycles. The molecule has 1 aromatic carbocycles. The van der Waals surface area contributed by atoms with Gasteiger partial charge in [0.1, 0.15) is 5.25 Å². The van der Waals surface area contributed by atoms with Gasteiger partial charge in [0, 0.05) is 30.8 Å². The van der Waals surface area contributed by atoms with Crippen molar-refractivity contribution in [2.45, 2.75) is 30.9 Å². The lowest BCUT2D eigenvalue weighted by Gasteiger charge is -2.16. The Bertz CT molecular complexity index is 1050. The van der Waals surface area contributed by atoms with E-state index >= 15 is 0 Å². The summed E-state index contributed by atoms with van der Waals surface area (Å²) in [5, 5.41) is 11.6. The third-order valence-electron chi connectivity index (χ3n) is 4.75. The van der Waals surface area contributed by atoms with Crippen LogP contribution in [0.4, 0.5) is 19.6 Å². The standard InChI is InChI=1S/C19H18F2N6O3S2/c20-14(21)17-25-26-18(32-17)23-15(29)10-3-5-11(6-4-10)22-13(28)9-12-16(30)24-19(31-12)27-7-1-2-8-27/h3-6,12,14H,1-2,7-9H2,(H,22,28)(H,23,26,29). The van der Waals surface area contributed by atoms with Crippen molar-refractivity contribution in [3.05, 3.63) is 34.8 Å². The minimum atomic E-state index is -2.75. The highest BCUT2D eigenvalue weighted by Gasteiger charge is 2.33. The molecule has 13 heteroatoms. The predicted octanol–water partition coefficient (Wildman–Crippen LogP) is 3.15. The zero-order chi connectivity index (χ0) is 22.7. The Morgan fingerprint density at radius 3 is 2.50 bits per heavy atom. The van der Waals surface area contributed by atoms with Gasteiger partial charge in [-0.05, 0) is 37.1 Å². The van der Waals surface area contributed by atoms with Gasteiger partial charge in [-0.15, -0.1) is 10.2 Å². The molecule has 1 fully saturated rings. The average Bonchev–Trinajstić information content (AvgIpc) is 3.50. The number of carbonyl (C=O) groups is 3. The Labute approximate surface area is 189 Å². The van der Waals surface area contributed by atoms with Crippen molar-refractivity contribution in [3.63, 3.8) is 0 Å². The Hall–Kier alpha value is -2.93. The summed E-state index contributed by atoms with van der Waals surface area (Å²) in [6.07, 6.45) is -0.609. The number of nitrogens with one attached hydrogen (secondary N) is 2. The van der Waals surface area contributed by atoms with Crippen LogP contribution < -0.4 is 10.6 Å². The molecule has 3 amide bonds. The second kappa shape index (κ2) is 9.69. The molecule has 32 heavy (non-hydrogen) atoms. The maximum absolute atomic E-state index is 12.6. The number of halogens is 2. The van der Waals surface area contributed by atoms with E-state index in [1.165, 1.54) is 36.0 Å². The van der Waals surface area contributed by atoms with Crippen LogP contribution in [0.5, 0.6) is 0 Å². The molecule has 2 aliphatic rings. The molecule has 1 unspecified atom stereocenters. The van der Waals surface area contributed by atoms with Gasteiger partial charge in [0.05, 0.1) is 0 Å². The van der Waals surface area contributed by atoms with Crippen molar-refractivity contribution >= 4 is 56.8 Å². The number of thioether (sulfide) groups is 1. The lowest BCUT2D eigenvalue weighted by Crippen LogP contribution is -2.25. The number of benzene rings is 1. The van der Waals surface area contributed by atoms with Crippen LogP contribution in [0.25, 0.3) is 0 Å². The first kappa shape index (κ1) is 22.3. The number of carbonyl (C=O) groups excluding carboxylic acids is 3. The van der Waals surface area contributed by atoms with Crippen molar-refractivity contribution in [3.8, 4) is 0 Å². The van der Waals surface area contributed by atoms with E-state index in [1.807, 2.05) is 0 Å². The number of amides is 3. The van der Waals surface area contributed by atoms with E-state index in [2.05, 4.69) is 30.7 Å². The topological polar surface area (TPSA) is 117 Å². The second-order valence-corrected chi connectivity index (χ2v) is 9.24. The van der Waals surface area contributed by atoms with E-state index in [4.69, 9.17) is 0 Å². The van der Waals surface area contributed by atoms with Gasteiger partial charge in [0.25, 0.3) is 18.2 Å². The summed E-state index contributed by atoms with van der Waals surface area (Å²) >= 11 is 1.92. The van der Waals surface area contributed by atoms with Crippen molar-refractivity contribution in [1.29, 1.82) is 0 Å². The zero-order valence-corrected chi connectivity index (χ0v) is 18.2. The molecule has 1 saturated heterocycles. The molecule has 1 atom stereocenters. The molecule has 168 valence electrons. The largest absolute Gasteiger partial charge is 0.351 e. The Kier molecular flexibility index (Phi) is 6.74.